The van der Waals surface area contributed by atoms with Crippen molar-refractivity contribution in [3.8, 4) is 0 Å². The molecule has 4 N–H and O–H groups in total. The van der Waals surface area contributed by atoms with Crippen LogP contribution >= 0.6 is 0 Å². The second kappa shape index (κ2) is 12.8. The molecule has 2 amide bonds. The van der Waals surface area contributed by atoms with Gasteiger partial charge in [0, 0.05) is 12.1 Å². The molecule has 1 saturated carbocycles. The molecule has 0 radical (unpaired) electrons. The Kier molecular flexibility index (Phi) is 10.4. The van der Waals surface area contributed by atoms with Crippen LogP contribution in [0.2, 0.25) is 0 Å². The number of carbonyl (C=O) groups is 2. The van der Waals surface area contributed by atoms with Crippen molar-refractivity contribution in [3.05, 3.63) is 35.4 Å². The maximum atomic E-state index is 12.8. The molecule has 9 heteroatoms. The Morgan fingerprint density at radius 2 is 1.91 bits per heavy atom. The Morgan fingerprint density at radius 1 is 1.19 bits per heavy atom. The molecule has 180 valence electrons. The van der Waals surface area contributed by atoms with E-state index in [-0.39, 0.29) is 5.56 Å². The van der Waals surface area contributed by atoms with E-state index in [2.05, 4.69) is 16.0 Å². The fourth-order valence-electron chi connectivity index (χ4n) is 3.97. The van der Waals surface area contributed by atoms with Gasteiger partial charge in [-0.05, 0) is 49.9 Å². The maximum Gasteiger partial charge on any atom is 0.416 e. The first-order valence-electron chi connectivity index (χ1n) is 11.3. The standard InChI is InChI=1S/C23H34F3N3O3/c1-2-7-20(30)19(14-27-13-16-8-4-3-5-9-16)29-21(31)15-28-22(32)17-10-6-11-18(12-17)23(24,25)26/h6,10-12,16,19-20,27,30H,2-5,7-9,13-15H2,1H3,(H,28,32)(H,29,31). The van der Waals surface area contributed by atoms with Gasteiger partial charge >= 0.3 is 6.18 Å². The lowest BCUT2D eigenvalue weighted by molar-refractivity contribution is -0.137. The number of nitrogens with one attached hydrogen (secondary N) is 3. The number of aliphatic hydroxyl groups is 1. The average Bonchev–Trinajstić information content (AvgIpc) is 2.77. The Balaban J connectivity index is 1.85. The number of rotatable bonds is 11. The van der Waals surface area contributed by atoms with E-state index in [1.807, 2.05) is 6.92 Å². The summed E-state index contributed by atoms with van der Waals surface area (Å²) < 4.78 is 38.5. The molecule has 6 nitrogen and oxygen atoms in total. The summed E-state index contributed by atoms with van der Waals surface area (Å²) in [6, 6.07) is 3.51. The van der Waals surface area contributed by atoms with Gasteiger partial charge in [-0.1, -0.05) is 38.7 Å². The van der Waals surface area contributed by atoms with Gasteiger partial charge in [0.15, 0.2) is 0 Å². The molecule has 1 fully saturated rings. The summed E-state index contributed by atoms with van der Waals surface area (Å²) in [5.41, 5.74) is -1.11. The first-order valence-corrected chi connectivity index (χ1v) is 11.3. The van der Waals surface area contributed by atoms with Gasteiger partial charge in [-0.2, -0.15) is 13.2 Å². The fraction of sp³-hybridized carbons (Fsp3) is 0.652. The normalized spacial score (nSPS) is 16.9. The Morgan fingerprint density at radius 3 is 2.56 bits per heavy atom. The number of hydrogen-bond acceptors (Lipinski definition) is 4. The summed E-state index contributed by atoms with van der Waals surface area (Å²) in [6.45, 7) is 2.78. The number of amides is 2. The Bertz CT molecular complexity index is 737. The average molecular weight is 458 g/mol. The number of carbonyl (C=O) groups excluding carboxylic acids is 2. The largest absolute Gasteiger partial charge is 0.416 e. The number of benzene rings is 1. The minimum Gasteiger partial charge on any atom is -0.391 e. The molecule has 2 rings (SSSR count). The van der Waals surface area contributed by atoms with Crippen LogP contribution in [0.15, 0.2) is 24.3 Å². The van der Waals surface area contributed by atoms with Crippen molar-refractivity contribution in [1.82, 2.24) is 16.0 Å². The second-order valence-electron chi connectivity index (χ2n) is 8.45. The van der Waals surface area contributed by atoms with E-state index in [1.165, 1.54) is 38.2 Å². The third-order valence-corrected chi connectivity index (χ3v) is 5.78. The molecule has 2 unspecified atom stereocenters. The minimum atomic E-state index is -4.55. The van der Waals surface area contributed by atoms with Crippen LogP contribution in [0, 0.1) is 5.92 Å². The van der Waals surface area contributed by atoms with Gasteiger partial charge in [0.2, 0.25) is 5.91 Å². The van der Waals surface area contributed by atoms with Crippen molar-refractivity contribution in [1.29, 1.82) is 0 Å². The molecular formula is C23H34F3N3O3. The summed E-state index contributed by atoms with van der Waals surface area (Å²) in [5.74, 6) is -0.674. The molecule has 0 aliphatic heterocycles. The highest BCUT2D eigenvalue weighted by molar-refractivity contribution is 5.96. The van der Waals surface area contributed by atoms with E-state index in [4.69, 9.17) is 0 Å². The highest BCUT2D eigenvalue weighted by Crippen LogP contribution is 2.29. The maximum absolute atomic E-state index is 12.8. The van der Waals surface area contributed by atoms with E-state index in [1.54, 1.807) is 0 Å². The van der Waals surface area contributed by atoms with Gasteiger partial charge in [-0.3, -0.25) is 9.59 Å². The molecule has 1 aliphatic rings. The molecule has 0 spiro atoms. The van der Waals surface area contributed by atoms with Crippen LogP contribution in [-0.4, -0.2) is 48.7 Å². The number of hydrogen-bond donors (Lipinski definition) is 4. The van der Waals surface area contributed by atoms with Gasteiger partial charge in [0.1, 0.15) is 0 Å². The van der Waals surface area contributed by atoms with Crippen molar-refractivity contribution < 1.29 is 27.9 Å². The van der Waals surface area contributed by atoms with E-state index >= 15 is 0 Å². The highest BCUT2D eigenvalue weighted by Gasteiger charge is 2.31. The SMILES string of the molecule is CCCC(O)C(CNCC1CCCCC1)NC(=O)CNC(=O)c1cccc(C(F)(F)F)c1. The van der Waals surface area contributed by atoms with Gasteiger partial charge in [0.05, 0.1) is 24.3 Å². The Labute approximate surface area is 187 Å². The molecule has 32 heavy (non-hydrogen) atoms. The van der Waals surface area contributed by atoms with Crippen LogP contribution in [0.5, 0.6) is 0 Å². The van der Waals surface area contributed by atoms with Crippen LogP contribution in [0.1, 0.15) is 67.8 Å². The fourth-order valence-corrected chi connectivity index (χ4v) is 3.97. The Hall–Kier alpha value is -2.13. The monoisotopic (exact) mass is 457 g/mol. The van der Waals surface area contributed by atoms with Crippen LogP contribution in [-0.2, 0) is 11.0 Å². The number of alkyl halides is 3. The molecule has 2 atom stereocenters. The van der Waals surface area contributed by atoms with Crippen LogP contribution in [0.25, 0.3) is 0 Å². The summed E-state index contributed by atoms with van der Waals surface area (Å²) in [5, 5.41) is 18.8. The van der Waals surface area contributed by atoms with Gasteiger partial charge in [-0.25, -0.2) is 0 Å². The molecule has 0 saturated heterocycles. The van der Waals surface area contributed by atoms with Gasteiger partial charge in [0.25, 0.3) is 5.91 Å². The number of aliphatic hydroxyl groups excluding tert-OH is 1. The van der Waals surface area contributed by atoms with E-state index < -0.39 is 42.2 Å². The van der Waals surface area contributed by atoms with E-state index in [0.29, 0.717) is 18.9 Å². The zero-order chi connectivity index (χ0) is 23.6. The summed E-state index contributed by atoms with van der Waals surface area (Å²) in [7, 11) is 0. The summed E-state index contributed by atoms with van der Waals surface area (Å²) >= 11 is 0. The smallest absolute Gasteiger partial charge is 0.391 e. The molecular weight excluding hydrogens is 423 g/mol. The third kappa shape index (κ3) is 8.78. The lowest BCUT2D eigenvalue weighted by atomic mass is 9.89. The molecule has 0 bridgehead atoms. The lowest BCUT2D eigenvalue weighted by Crippen LogP contribution is -2.52. The van der Waals surface area contributed by atoms with Crippen LogP contribution in [0.3, 0.4) is 0 Å². The molecule has 0 aromatic heterocycles. The van der Waals surface area contributed by atoms with Crippen molar-refractivity contribution in [2.75, 3.05) is 19.6 Å². The first-order chi connectivity index (χ1) is 15.2. The van der Waals surface area contributed by atoms with E-state index in [9.17, 15) is 27.9 Å². The zero-order valence-corrected chi connectivity index (χ0v) is 18.5. The van der Waals surface area contributed by atoms with Crippen LogP contribution < -0.4 is 16.0 Å². The predicted molar refractivity (Wildman–Crippen MR) is 116 cm³/mol. The van der Waals surface area contributed by atoms with Crippen molar-refractivity contribution in [3.63, 3.8) is 0 Å². The topological polar surface area (TPSA) is 90.5 Å². The molecule has 1 aromatic carbocycles. The van der Waals surface area contributed by atoms with E-state index in [0.717, 1.165) is 31.2 Å². The first kappa shape index (κ1) is 26.1. The van der Waals surface area contributed by atoms with Gasteiger partial charge < -0.3 is 21.1 Å². The highest BCUT2D eigenvalue weighted by atomic mass is 19.4. The number of halogens is 3. The molecule has 0 heterocycles. The second-order valence-corrected chi connectivity index (χ2v) is 8.45. The predicted octanol–water partition coefficient (Wildman–Crippen LogP) is 3.25. The molecule has 1 aliphatic carbocycles. The summed E-state index contributed by atoms with van der Waals surface area (Å²) in [4.78, 5) is 24.5. The third-order valence-electron chi connectivity index (χ3n) is 5.78. The lowest BCUT2D eigenvalue weighted by Gasteiger charge is -2.27. The van der Waals surface area contributed by atoms with Crippen molar-refractivity contribution >= 4 is 11.8 Å². The zero-order valence-electron chi connectivity index (χ0n) is 18.5. The quantitative estimate of drug-likeness (QED) is 0.411. The van der Waals surface area contributed by atoms with Crippen molar-refractivity contribution in [2.45, 2.75) is 70.2 Å². The summed E-state index contributed by atoms with van der Waals surface area (Å²) in [6.07, 6.45) is 2.09. The molecule has 1 aromatic rings. The van der Waals surface area contributed by atoms with Crippen LogP contribution in [0.4, 0.5) is 13.2 Å². The van der Waals surface area contributed by atoms with Crippen molar-refractivity contribution in [2.24, 2.45) is 5.92 Å². The minimum absolute atomic E-state index is 0.177. The van der Waals surface area contributed by atoms with Gasteiger partial charge in [-0.15, -0.1) is 0 Å².